The Hall–Kier alpha value is -5.20. The Labute approximate surface area is 259 Å². The molecule has 0 fully saturated rings. The van der Waals surface area contributed by atoms with Gasteiger partial charge in [-0.15, -0.1) is 0 Å². The van der Waals surface area contributed by atoms with Gasteiger partial charge in [0.05, 0.1) is 30.2 Å². The van der Waals surface area contributed by atoms with E-state index in [2.05, 4.69) is 25.8 Å². The smallest absolute Gasteiger partial charge is 0.420 e. The van der Waals surface area contributed by atoms with Crippen molar-refractivity contribution in [1.82, 2.24) is 20.1 Å². The van der Waals surface area contributed by atoms with E-state index in [1.165, 1.54) is 0 Å². The lowest BCUT2D eigenvalue weighted by atomic mass is 10.0. The summed E-state index contributed by atoms with van der Waals surface area (Å²) in [6.07, 6.45) is 4.49. The first kappa shape index (κ1) is 31.2. The Balaban J connectivity index is 1.39. The molecule has 5 rings (SSSR count). The number of pyridine rings is 1. The number of nitrogens with one attached hydrogen (secondary N) is 3. The molecule has 1 aromatic heterocycles. The number of aromatic nitrogens is 1. The highest BCUT2D eigenvalue weighted by molar-refractivity contribution is 6.01. The highest BCUT2D eigenvalue weighted by atomic mass is 19.4. The van der Waals surface area contributed by atoms with Crippen LogP contribution in [0.4, 0.5) is 29.3 Å². The summed E-state index contributed by atoms with van der Waals surface area (Å²) in [7, 11) is 1.97. The number of nitrogens with zero attached hydrogens (tertiary/aromatic N) is 4. The van der Waals surface area contributed by atoms with E-state index in [0.29, 0.717) is 17.9 Å². The summed E-state index contributed by atoms with van der Waals surface area (Å²) in [5.74, 6) is 0.453. The molecular formula is C32H34F3N7O3. The Bertz CT molecular complexity index is 1640. The first-order valence-electron chi connectivity index (χ1n) is 14.3. The van der Waals surface area contributed by atoms with Crippen LogP contribution in [0.1, 0.15) is 37.5 Å². The molecule has 0 spiro atoms. The number of fused-ring (bicyclic) bond motifs is 1. The van der Waals surface area contributed by atoms with Crippen LogP contribution in [0.5, 0.6) is 11.5 Å². The van der Waals surface area contributed by atoms with Gasteiger partial charge in [-0.3, -0.25) is 4.98 Å². The fourth-order valence-corrected chi connectivity index (χ4v) is 5.14. The van der Waals surface area contributed by atoms with Gasteiger partial charge in [0.1, 0.15) is 11.5 Å². The van der Waals surface area contributed by atoms with E-state index < -0.39 is 23.4 Å². The monoisotopic (exact) mass is 621 g/mol. The molecule has 0 saturated carbocycles. The van der Waals surface area contributed by atoms with Gasteiger partial charge in [-0.1, -0.05) is 12.1 Å². The first-order chi connectivity index (χ1) is 21.5. The predicted octanol–water partition coefficient (Wildman–Crippen LogP) is 6.48. The topological polar surface area (TPSA) is 103 Å². The van der Waals surface area contributed by atoms with Crippen molar-refractivity contribution in [2.45, 2.75) is 39.2 Å². The molecule has 3 heterocycles. The van der Waals surface area contributed by atoms with Gasteiger partial charge in [0.25, 0.3) is 0 Å². The number of likely N-dealkylation sites (N-methyl/N-ethyl adjacent to an activating group) is 1. The van der Waals surface area contributed by atoms with Gasteiger partial charge in [0, 0.05) is 61.9 Å². The second-order valence-corrected chi connectivity index (χ2v) is 10.5. The zero-order chi connectivity index (χ0) is 32.2. The van der Waals surface area contributed by atoms with E-state index in [4.69, 9.17) is 14.5 Å². The summed E-state index contributed by atoms with van der Waals surface area (Å²) in [6, 6.07) is 12.2. The number of hydrogen-bond acceptors (Lipinski definition) is 8. The lowest BCUT2D eigenvalue weighted by molar-refractivity contribution is -0.138. The van der Waals surface area contributed by atoms with Crippen LogP contribution in [0.3, 0.4) is 0 Å². The number of aliphatic imine (C=N–C) groups is 1. The second kappa shape index (κ2) is 12.8. The molecule has 236 valence electrons. The zero-order valence-corrected chi connectivity index (χ0v) is 25.3. The number of alkyl halides is 3. The molecule has 2 amide bonds. The number of urea groups is 1. The van der Waals surface area contributed by atoms with E-state index in [1.807, 2.05) is 55.7 Å². The Morgan fingerprint density at radius 1 is 1.04 bits per heavy atom. The third-order valence-corrected chi connectivity index (χ3v) is 7.22. The Kier molecular flexibility index (Phi) is 8.89. The van der Waals surface area contributed by atoms with Crippen molar-refractivity contribution < 1.29 is 27.4 Å². The SMILES string of the molecule is CCOc1cc(OCC)c(C(F)(F)F)cc1NC(=O)Nc1cccc(C2=CN3C=CNC3(C)C(N(C)Cc3ccncc3)=N2)c1. The van der Waals surface area contributed by atoms with Gasteiger partial charge in [0.15, 0.2) is 11.5 Å². The standard InChI is InChI=1S/C32H34F3N7O3/c1-5-44-27-18-28(45-6-2)25(17-24(27)32(33,34)35)40-30(43)38-23-9-7-8-22(16-23)26-20-42-15-14-37-31(42,3)29(39-26)41(4)19-21-10-12-36-13-11-21/h7-18,20,37H,5-6,19H2,1-4H3,(H2,38,40,43). The van der Waals surface area contributed by atoms with Gasteiger partial charge in [-0.25, -0.2) is 9.79 Å². The van der Waals surface area contributed by atoms with Crippen LogP contribution in [0.25, 0.3) is 5.70 Å². The van der Waals surface area contributed by atoms with E-state index in [1.54, 1.807) is 44.4 Å². The molecule has 10 nitrogen and oxygen atoms in total. The van der Waals surface area contributed by atoms with E-state index in [0.717, 1.165) is 29.1 Å². The highest BCUT2D eigenvalue weighted by Gasteiger charge is 2.42. The number of ether oxygens (including phenoxy) is 2. The van der Waals surface area contributed by atoms with Gasteiger partial charge >= 0.3 is 12.2 Å². The predicted molar refractivity (Wildman–Crippen MR) is 167 cm³/mol. The normalized spacial score (nSPS) is 17.1. The van der Waals surface area contributed by atoms with Crippen LogP contribution < -0.4 is 25.4 Å². The lowest BCUT2D eigenvalue weighted by Gasteiger charge is -2.42. The molecule has 13 heteroatoms. The molecule has 0 bridgehead atoms. The van der Waals surface area contributed by atoms with Crippen LogP contribution in [-0.2, 0) is 12.7 Å². The molecule has 3 N–H and O–H groups in total. The summed E-state index contributed by atoms with van der Waals surface area (Å²) < 4.78 is 52.1. The maximum absolute atomic E-state index is 13.8. The van der Waals surface area contributed by atoms with E-state index >= 15 is 0 Å². The number of carbonyl (C=O) groups excluding carboxylic acids is 1. The van der Waals surface area contributed by atoms with E-state index in [9.17, 15) is 18.0 Å². The zero-order valence-electron chi connectivity index (χ0n) is 25.3. The minimum absolute atomic E-state index is 0.0328. The maximum Gasteiger partial charge on any atom is 0.420 e. The van der Waals surface area contributed by atoms with E-state index in [-0.39, 0.29) is 30.4 Å². The quantitative estimate of drug-likeness (QED) is 0.252. The summed E-state index contributed by atoms with van der Waals surface area (Å²) in [5, 5.41) is 8.59. The molecule has 0 aliphatic carbocycles. The molecule has 1 unspecified atom stereocenters. The van der Waals surface area contributed by atoms with Crippen molar-refractivity contribution in [1.29, 1.82) is 0 Å². The van der Waals surface area contributed by atoms with Gasteiger partial charge in [0.2, 0.25) is 0 Å². The van der Waals surface area contributed by atoms with Crippen molar-refractivity contribution in [2.75, 3.05) is 30.9 Å². The molecule has 2 aromatic carbocycles. The molecule has 45 heavy (non-hydrogen) atoms. The average Bonchev–Trinajstić information content (AvgIpc) is 3.39. The second-order valence-electron chi connectivity index (χ2n) is 10.5. The third kappa shape index (κ3) is 6.82. The van der Waals surface area contributed by atoms with Gasteiger partial charge in [-0.05, 0) is 56.7 Å². The Morgan fingerprint density at radius 3 is 2.49 bits per heavy atom. The summed E-state index contributed by atoms with van der Waals surface area (Å²) in [4.78, 5) is 26.2. The van der Waals surface area contributed by atoms with Crippen LogP contribution in [0, 0.1) is 0 Å². The number of benzene rings is 2. The van der Waals surface area contributed by atoms with Crippen LogP contribution in [0.2, 0.25) is 0 Å². The van der Waals surface area contributed by atoms with Gasteiger partial charge in [-0.2, -0.15) is 13.2 Å². The summed E-state index contributed by atoms with van der Waals surface area (Å²) >= 11 is 0. The third-order valence-electron chi connectivity index (χ3n) is 7.22. The highest BCUT2D eigenvalue weighted by Crippen LogP contribution is 2.42. The van der Waals surface area contributed by atoms with Crippen molar-refractivity contribution in [3.05, 3.63) is 96.2 Å². The molecular weight excluding hydrogens is 587 g/mol. The fraction of sp³-hybridized carbons (Fsp3) is 0.281. The molecule has 3 aromatic rings. The largest absolute Gasteiger partial charge is 0.493 e. The molecule has 0 radical (unpaired) electrons. The number of amides is 2. The van der Waals surface area contributed by atoms with Gasteiger partial charge < -0.3 is 35.2 Å². The molecule has 0 saturated heterocycles. The first-order valence-corrected chi connectivity index (χ1v) is 14.3. The number of halogens is 3. The minimum Gasteiger partial charge on any atom is -0.493 e. The molecule has 1 atom stereocenters. The number of hydrogen-bond donors (Lipinski definition) is 3. The summed E-state index contributed by atoms with van der Waals surface area (Å²) in [5.41, 5.74) is 1.10. The fourth-order valence-electron chi connectivity index (χ4n) is 5.14. The number of rotatable bonds is 9. The van der Waals surface area contributed by atoms with Crippen molar-refractivity contribution in [3.8, 4) is 11.5 Å². The average molecular weight is 622 g/mol. The number of amidine groups is 1. The molecule has 2 aliphatic heterocycles. The summed E-state index contributed by atoms with van der Waals surface area (Å²) in [6.45, 7) is 6.12. The molecule has 2 aliphatic rings. The minimum atomic E-state index is -4.70. The van der Waals surface area contributed by atoms with Crippen LogP contribution in [0.15, 0.2) is 84.5 Å². The van der Waals surface area contributed by atoms with Crippen LogP contribution in [-0.4, -0.2) is 52.6 Å². The Morgan fingerprint density at radius 2 is 1.78 bits per heavy atom. The van der Waals surface area contributed by atoms with Crippen molar-refractivity contribution in [2.24, 2.45) is 4.99 Å². The lowest BCUT2D eigenvalue weighted by Crippen LogP contribution is -2.59. The number of carbonyl (C=O) groups is 1. The van der Waals surface area contributed by atoms with Crippen LogP contribution >= 0.6 is 0 Å². The maximum atomic E-state index is 13.8. The number of anilines is 2. The van der Waals surface area contributed by atoms with Crippen molar-refractivity contribution in [3.63, 3.8) is 0 Å². The van der Waals surface area contributed by atoms with Crippen molar-refractivity contribution >= 4 is 28.9 Å².